The number of likely N-dealkylation sites (N-methyl/N-ethyl adjacent to an activating group) is 1. The molecular formula is C80H143NO8. The standard InChI is InChI=1S/C80H143NO8/c1-6-8-10-12-14-16-18-20-22-24-26-28-30-32-34-36-38-39-41-42-44-46-48-50-52-54-56-58-60-62-64-66-68-70-77(82)87-74-76(75-88-80(79(84)85)86-73-72-81(3,4)5)89-78(83)71-69-67-65-63-61-59-57-55-53-51-49-47-45-43-40-37-35-33-31-29-27-25-23-21-19-17-15-13-11-9-7-2/h9,11,15,17,21,23-24,26-27,29,33,35,40,43,76,80H,6-8,10,12-14,16,18-20,22,25,28,30-32,34,36-39,41-42,44-75H2,1-5H3/b11-9-,17-15-,23-21-,26-24-,29-27-,35-33-,43-40-. The number of carboxylic acids is 1. The lowest BCUT2D eigenvalue weighted by molar-refractivity contribution is -0.870. The van der Waals surface area contributed by atoms with Gasteiger partial charge in [-0.05, 0) is 89.9 Å². The molecule has 0 bridgehead atoms. The normalized spacial score (nSPS) is 13.1. The minimum Gasteiger partial charge on any atom is -0.545 e. The molecule has 0 fully saturated rings. The maximum Gasteiger partial charge on any atom is 0.306 e. The van der Waals surface area contributed by atoms with E-state index in [-0.39, 0.29) is 32.2 Å². The maximum atomic E-state index is 13.0. The molecule has 0 amide bonds. The highest BCUT2D eigenvalue weighted by Gasteiger charge is 2.22. The van der Waals surface area contributed by atoms with E-state index in [1.54, 1.807) is 0 Å². The predicted molar refractivity (Wildman–Crippen MR) is 380 cm³/mol. The van der Waals surface area contributed by atoms with Crippen LogP contribution >= 0.6 is 0 Å². The van der Waals surface area contributed by atoms with E-state index in [1.165, 1.54) is 238 Å². The number of hydrogen-bond donors (Lipinski definition) is 0. The molecule has 2 unspecified atom stereocenters. The van der Waals surface area contributed by atoms with Gasteiger partial charge in [0.25, 0.3) is 0 Å². The van der Waals surface area contributed by atoms with E-state index in [0.717, 1.165) is 77.0 Å². The molecule has 0 aliphatic carbocycles. The van der Waals surface area contributed by atoms with E-state index < -0.39 is 24.3 Å². The third kappa shape index (κ3) is 71.8. The number of nitrogens with zero attached hydrogens (tertiary/aromatic N) is 1. The molecule has 0 aromatic heterocycles. The van der Waals surface area contributed by atoms with E-state index in [2.05, 4.69) is 98.9 Å². The van der Waals surface area contributed by atoms with Gasteiger partial charge in [0.05, 0.1) is 40.3 Å². The van der Waals surface area contributed by atoms with Crippen molar-refractivity contribution in [2.75, 3.05) is 47.5 Å². The summed E-state index contributed by atoms with van der Waals surface area (Å²) in [4.78, 5) is 37.6. The van der Waals surface area contributed by atoms with Crippen LogP contribution in [0.25, 0.3) is 0 Å². The molecule has 89 heavy (non-hydrogen) atoms. The molecule has 2 atom stereocenters. The zero-order chi connectivity index (χ0) is 64.7. The van der Waals surface area contributed by atoms with Crippen LogP contribution in [0.2, 0.25) is 0 Å². The van der Waals surface area contributed by atoms with Crippen LogP contribution in [0.3, 0.4) is 0 Å². The largest absolute Gasteiger partial charge is 0.545 e. The van der Waals surface area contributed by atoms with Crippen LogP contribution < -0.4 is 5.11 Å². The Morgan fingerprint density at radius 3 is 0.966 bits per heavy atom. The molecule has 0 aromatic carbocycles. The monoisotopic (exact) mass is 1250 g/mol. The molecule has 0 aliphatic rings. The van der Waals surface area contributed by atoms with E-state index >= 15 is 0 Å². The lowest BCUT2D eigenvalue weighted by atomic mass is 10.0. The summed E-state index contributed by atoms with van der Waals surface area (Å²) in [5.41, 5.74) is 0. The number of carbonyl (C=O) groups excluding carboxylic acids is 3. The van der Waals surface area contributed by atoms with Gasteiger partial charge in [-0.15, -0.1) is 0 Å². The number of carbonyl (C=O) groups is 3. The fourth-order valence-corrected chi connectivity index (χ4v) is 10.9. The second-order valence-electron chi connectivity index (χ2n) is 26.6. The molecule has 0 radical (unpaired) electrons. The Balaban J connectivity index is 4.06. The summed E-state index contributed by atoms with van der Waals surface area (Å²) in [7, 11) is 5.94. The topological polar surface area (TPSA) is 111 Å². The Bertz CT molecular complexity index is 1740. The van der Waals surface area contributed by atoms with Crippen molar-refractivity contribution >= 4 is 17.9 Å². The van der Waals surface area contributed by atoms with Crippen molar-refractivity contribution in [3.63, 3.8) is 0 Å². The molecule has 0 saturated carbocycles. The molecule has 0 aliphatic heterocycles. The summed E-state index contributed by atoms with van der Waals surface area (Å²) in [5, 5.41) is 11.8. The summed E-state index contributed by atoms with van der Waals surface area (Å²) in [5.74, 6) is -2.27. The summed E-state index contributed by atoms with van der Waals surface area (Å²) in [6, 6.07) is 0. The van der Waals surface area contributed by atoms with Gasteiger partial charge in [-0.2, -0.15) is 0 Å². The zero-order valence-corrected chi connectivity index (χ0v) is 59.0. The van der Waals surface area contributed by atoms with Gasteiger partial charge in [0.15, 0.2) is 12.4 Å². The van der Waals surface area contributed by atoms with Crippen LogP contribution in [-0.2, 0) is 33.3 Å². The van der Waals surface area contributed by atoms with Gasteiger partial charge < -0.3 is 33.3 Å². The molecular weight excluding hydrogens is 1100 g/mol. The Morgan fingerprint density at radius 1 is 0.348 bits per heavy atom. The van der Waals surface area contributed by atoms with Crippen LogP contribution in [0, 0.1) is 0 Å². The number of unbranched alkanes of at least 4 members (excludes halogenated alkanes) is 41. The minimum absolute atomic E-state index is 0.146. The Morgan fingerprint density at radius 2 is 0.640 bits per heavy atom. The fraction of sp³-hybridized carbons (Fsp3) is 0.787. The van der Waals surface area contributed by atoms with Gasteiger partial charge in [0.2, 0.25) is 0 Å². The quantitative estimate of drug-likeness (QED) is 0.0195. The van der Waals surface area contributed by atoms with E-state index in [9.17, 15) is 19.5 Å². The second-order valence-corrected chi connectivity index (χ2v) is 26.6. The summed E-state index contributed by atoms with van der Waals surface area (Å²) >= 11 is 0. The number of carboxylic acid groups (broad SMARTS) is 1. The van der Waals surface area contributed by atoms with Gasteiger partial charge in [-0.1, -0.05) is 330 Å². The van der Waals surface area contributed by atoms with E-state index in [4.69, 9.17) is 18.9 Å². The average Bonchev–Trinajstić information content (AvgIpc) is 3.64. The van der Waals surface area contributed by atoms with Gasteiger partial charge >= 0.3 is 11.9 Å². The lowest BCUT2D eigenvalue weighted by Gasteiger charge is -2.26. The smallest absolute Gasteiger partial charge is 0.306 e. The fourth-order valence-electron chi connectivity index (χ4n) is 10.9. The predicted octanol–water partition coefficient (Wildman–Crippen LogP) is 22.5. The number of rotatable bonds is 70. The number of esters is 2. The SMILES string of the molecule is CC/C=C\C/C=C\C/C=C\C/C=C\C/C=C\C/C=C\CCCCCCCCCCCCCCC(=O)OC(COC(=O)CCCCCCCCCCCCCCCCCCCCCCC/C=C\CCCCCCCCCC)COC(OCC[N+](C)(C)C)C(=O)[O-]. The number of hydrogen-bond acceptors (Lipinski definition) is 8. The number of quaternary nitrogens is 1. The molecule has 0 rings (SSSR count). The Labute approximate surface area is 550 Å². The van der Waals surface area contributed by atoms with Crippen LogP contribution in [0.15, 0.2) is 85.1 Å². The summed E-state index contributed by atoms with van der Waals surface area (Å²) in [6.45, 7) is 4.68. The molecule has 516 valence electrons. The van der Waals surface area contributed by atoms with Crippen LogP contribution in [0.1, 0.15) is 348 Å². The Kier molecular flexibility index (Phi) is 67.6. The molecule has 9 nitrogen and oxygen atoms in total. The first-order chi connectivity index (χ1) is 43.6. The van der Waals surface area contributed by atoms with Gasteiger partial charge in [-0.3, -0.25) is 9.59 Å². The highest BCUT2D eigenvalue weighted by atomic mass is 16.7. The number of allylic oxidation sites excluding steroid dienone is 14. The van der Waals surface area contributed by atoms with Crippen LogP contribution in [0.4, 0.5) is 0 Å². The van der Waals surface area contributed by atoms with Crippen molar-refractivity contribution in [2.24, 2.45) is 0 Å². The third-order valence-corrected chi connectivity index (χ3v) is 16.6. The van der Waals surface area contributed by atoms with Crippen molar-refractivity contribution in [3.05, 3.63) is 85.1 Å². The molecule has 9 heteroatoms. The highest BCUT2D eigenvalue weighted by molar-refractivity contribution is 5.70. The first-order valence-corrected chi connectivity index (χ1v) is 37.7. The minimum atomic E-state index is -1.63. The first kappa shape index (κ1) is 85.5. The van der Waals surface area contributed by atoms with Crippen LogP contribution in [-0.4, -0.2) is 82.3 Å². The van der Waals surface area contributed by atoms with Crippen LogP contribution in [0.5, 0.6) is 0 Å². The molecule has 0 heterocycles. The van der Waals surface area contributed by atoms with Crippen molar-refractivity contribution in [3.8, 4) is 0 Å². The van der Waals surface area contributed by atoms with Gasteiger partial charge in [-0.25, -0.2) is 0 Å². The lowest BCUT2D eigenvalue weighted by Crippen LogP contribution is -2.44. The third-order valence-electron chi connectivity index (χ3n) is 16.6. The van der Waals surface area contributed by atoms with Crippen molar-refractivity contribution in [1.82, 2.24) is 0 Å². The average molecular weight is 1250 g/mol. The Hall–Kier alpha value is -3.53. The van der Waals surface area contributed by atoms with E-state index in [0.29, 0.717) is 23.9 Å². The highest BCUT2D eigenvalue weighted by Crippen LogP contribution is 2.18. The second kappa shape index (κ2) is 70.3. The summed E-state index contributed by atoms with van der Waals surface area (Å²) < 4.78 is 22.8. The molecule has 0 N–H and O–H groups in total. The molecule has 0 spiro atoms. The van der Waals surface area contributed by atoms with E-state index in [1.807, 2.05) is 21.1 Å². The van der Waals surface area contributed by atoms with Crippen molar-refractivity contribution in [2.45, 2.75) is 360 Å². The first-order valence-electron chi connectivity index (χ1n) is 37.7. The van der Waals surface area contributed by atoms with Gasteiger partial charge in [0, 0.05) is 12.8 Å². The maximum absolute atomic E-state index is 13.0. The van der Waals surface area contributed by atoms with Crippen molar-refractivity contribution < 1.29 is 42.9 Å². The number of aliphatic carboxylic acids is 1. The van der Waals surface area contributed by atoms with Crippen molar-refractivity contribution in [1.29, 1.82) is 0 Å². The molecule has 0 saturated heterocycles. The molecule has 0 aromatic rings. The number of ether oxygens (including phenoxy) is 4. The zero-order valence-electron chi connectivity index (χ0n) is 59.0. The van der Waals surface area contributed by atoms with Gasteiger partial charge in [0.1, 0.15) is 13.2 Å². The summed E-state index contributed by atoms with van der Waals surface area (Å²) in [6.07, 6.45) is 92.6.